The minimum absolute atomic E-state index is 0.486. The molecule has 236 valence electrons. The van der Waals surface area contributed by atoms with E-state index in [1.54, 1.807) is 0 Å². The van der Waals surface area contributed by atoms with E-state index in [1.165, 1.54) is 0 Å². The van der Waals surface area contributed by atoms with Gasteiger partial charge >= 0.3 is 17.6 Å². The summed E-state index contributed by atoms with van der Waals surface area (Å²) in [5.41, 5.74) is 0. The Morgan fingerprint density at radius 3 is 1.12 bits per heavy atom. The molecule has 2 heterocycles. The van der Waals surface area contributed by atoms with Gasteiger partial charge in [0.05, 0.1) is 0 Å². The topological polar surface area (TPSA) is 129 Å². The number of aryl methyl sites for hydroxylation is 4. The molecule has 13 nitrogen and oxygen atoms in total. The maximum Gasteiger partial charge on any atom is 0.500 e. The van der Waals surface area contributed by atoms with Gasteiger partial charge < -0.3 is 26.6 Å². The standard InChI is InChI=1S/C26H53N7O6Si2/c1-9-23-27-25(30-32(23)19-17-21-40(34-11-3,35-12-4)36-13-5)29-26-28-24(10-2)33(31-26)20-18-22-41(37-14-6,38-15-7)39-16-8/h9-22H2,1-8H3,(H,29,30,31). The molecule has 2 aromatic rings. The van der Waals surface area contributed by atoms with E-state index >= 15 is 0 Å². The zero-order valence-electron chi connectivity index (χ0n) is 26.5. The quantitative estimate of drug-likeness (QED) is 0.166. The molecule has 2 aromatic heterocycles. The van der Waals surface area contributed by atoms with Crippen molar-refractivity contribution in [2.45, 2.75) is 106 Å². The zero-order valence-corrected chi connectivity index (χ0v) is 28.5. The summed E-state index contributed by atoms with van der Waals surface area (Å²) < 4.78 is 39.8. The minimum atomic E-state index is -2.70. The molecule has 41 heavy (non-hydrogen) atoms. The number of hydrogen-bond acceptors (Lipinski definition) is 11. The fourth-order valence-electron chi connectivity index (χ4n) is 4.73. The van der Waals surface area contributed by atoms with Gasteiger partial charge in [-0.25, -0.2) is 9.36 Å². The van der Waals surface area contributed by atoms with Gasteiger partial charge in [-0.15, -0.1) is 10.2 Å². The SMILES string of the molecule is CCO[Si](CCCn1nc(Nc2nc(CC)n(CCC[Si](OCC)(OCC)OCC)n2)nc1CC)(OCC)OCC. The second kappa shape index (κ2) is 18.7. The fourth-order valence-corrected chi connectivity index (χ4v) is 9.92. The highest BCUT2D eigenvalue weighted by Crippen LogP contribution is 2.21. The molecule has 0 bridgehead atoms. The van der Waals surface area contributed by atoms with Crippen molar-refractivity contribution < 1.29 is 26.6 Å². The maximum absolute atomic E-state index is 6.00. The Kier molecular flexibility index (Phi) is 16.2. The van der Waals surface area contributed by atoms with Crippen molar-refractivity contribution in [1.29, 1.82) is 0 Å². The van der Waals surface area contributed by atoms with Gasteiger partial charge in [0.2, 0.25) is 11.9 Å². The zero-order chi connectivity index (χ0) is 30.1. The van der Waals surface area contributed by atoms with Gasteiger partial charge in [-0.2, -0.15) is 9.97 Å². The lowest BCUT2D eigenvalue weighted by Gasteiger charge is -2.28. The molecule has 0 amide bonds. The van der Waals surface area contributed by atoms with Crippen molar-refractivity contribution in [1.82, 2.24) is 29.5 Å². The van der Waals surface area contributed by atoms with Crippen molar-refractivity contribution in [2.75, 3.05) is 45.0 Å². The van der Waals surface area contributed by atoms with E-state index in [4.69, 9.17) is 46.7 Å². The first kappa shape index (κ1) is 35.5. The second-order valence-electron chi connectivity index (χ2n) is 9.15. The summed E-state index contributed by atoms with van der Waals surface area (Å²) in [6.45, 7) is 20.8. The van der Waals surface area contributed by atoms with Gasteiger partial charge in [0.1, 0.15) is 11.6 Å². The molecule has 15 heteroatoms. The Bertz CT molecular complexity index is 883. The first-order chi connectivity index (χ1) is 19.9. The van der Waals surface area contributed by atoms with Crippen LogP contribution in [-0.4, -0.2) is 86.8 Å². The number of hydrogen-bond donors (Lipinski definition) is 1. The van der Waals surface area contributed by atoms with E-state index in [0.29, 0.717) is 64.6 Å². The van der Waals surface area contributed by atoms with Crippen molar-refractivity contribution in [3.63, 3.8) is 0 Å². The molecule has 0 radical (unpaired) electrons. The van der Waals surface area contributed by atoms with Gasteiger partial charge in [-0.3, -0.25) is 5.32 Å². The Morgan fingerprint density at radius 1 is 0.537 bits per heavy atom. The summed E-state index contributed by atoms with van der Waals surface area (Å²) in [7, 11) is -5.40. The second-order valence-corrected chi connectivity index (χ2v) is 14.6. The molecular formula is C26H53N7O6Si2. The van der Waals surface area contributed by atoms with Crippen molar-refractivity contribution in [2.24, 2.45) is 0 Å². The Hall–Kier alpha value is -1.73. The summed E-state index contributed by atoms with van der Waals surface area (Å²) >= 11 is 0. The third-order valence-electron chi connectivity index (χ3n) is 6.24. The number of rotatable bonds is 24. The maximum atomic E-state index is 6.00. The Morgan fingerprint density at radius 2 is 0.854 bits per heavy atom. The van der Waals surface area contributed by atoms with Gasteiger partial charge in [-0.05, 0) is 54.4 Å². The summed E-state index contributed by atoms with van der Waals surface area (Å²) in [5, 5.41) is 12.6. The largest absolute Gasteiger partial charge is 0.500 e. The predicted molar refractivity (Wildman–Crippen MR) is 162 cm³/mol. The van der Waals surface area contributed by atoms with Gasteiger partial charge in [0, 0.05) is 77.7 Å². The van der Waals surface area contributed by atoms with Gasteiger partial charge in [-0.1, -0.05) is 13.8 Å². The van der Waals surface area contributed by atoms with Crippen LogP contribution in [0, 0.1) is 0 Å². The molecule has 0 aliphatic carbocycles. The van der Waals surface area contributed by atoms with Crippen LogP contribution in [-0.2, 0) is 52.5 Å². The van der Waals surface area contributed by atoms with Crippen LogP contribution >= 0.6 is 0 Å². The molecule has 0 aromatic carbocycles. The highest BCUT2D eigenvalue weighted by atomic mass is 28.4. The van der Waals surface area contributed by atoms with Crippen LogP contribution in [0.2, 0.25) is 12.1 Å². The lowest BCUT2D eigenvalue weighted by Crippen LogP contribution is -2.46. The van der Waals surface area contributed by atoms with E-state index in [0.717, 1.165) is 49.4 Å². The molecule has 0 atom stereocenters. The van der Waals surface area contributed by atoms with Crippen molar-refractivity contribution in [3.8, 4) is 0 Å². The third-order valence-corrected chi connectivity index (χ3v) is 12.5. The molecule has 0 aliphatic rings. The van der Waals surface area contributed by atoms with Crippen LogP contribution in [0.5, 0.6) is 0 Å². The van der Waals surface area contributed by atoms with E-state index in [-0.39, 0.29) is 0 Å². The highest BCUT2D eigenvalue weighted by molar-refractivity contribution is 6.61. The molecule has 1 N–H and O–H groups in total. The van der Waals surface area contributed by atoms with Crippen LogP contribution < -0.4 is 5.32 Å². The lowest BCUT2D eigenvalue weighted by atomic mass is 10.4. The molecule has 0 aliphatic heterocycles. The van der Waals surface area contributed by atoms with E-state index < -0.39 is 17.6 Å². The van der Waals surface area contributed by atoms with Crippen LogP contribution in [0.3, 0.4) is 0 Å². The van der Waals surface area contributed by atoms with E-state index in [2.05, 4.69) is 19.2 Å². The average Bonchev–Trinajstić information content (AvgIpc) is 3.52. The normalized spacial score (nSPS) is 12.4. The molecule has 2 rings (SSSR count). The van der Waals surface area contributed by atoms with Gasteiger partial charge in [0.15, 0.2) is 0 Å². The van der Waals surface area contributed by atoms with Crippen molar-refractivity contribution >= 4 is 29.5 Å². The van der Waals surface area contributed by atoms with Gasteiger partial charge in [0.25, 0.3) is 0 Å². The van der Waals surface area contributed by atoms with Crippen LogP contribution in [0.1, 0.15) is 79.9 Å². The van der Waals surface area contributed by atoms with E-state index in [1.807, 2.05) is 50.9 Å². The predicted octanol–water partition coefficient (Wildman–Crippen LogP) is 4.62. The highest BCUT2D eigenvalue weighted by Gasteiger charge is 2.40. The summed E-state index contributed by atoms with van der Waals surface area (Å²) in [5.74, 6) is 2.76. The Balaban J connectivity index is 2.07. The smallest absolute Gasteiger partial charge is 0.374 e. The third kappa shape index (κ3) is 10.8. The molecule has 0 fully saturated rings. The number of aromatic nitrogens is 6. The Labute approximate surface area is 248 Å². The first-order valence-corrected chi connectivity index (χ1v) is 19.2. The van der Waals surface area contributed by atoms with Crippen LogP contribution in [0.15, 0.2) is 0 Å². The number of nitrogens with zero attached hydrogens (tertiary/aromatic N) is 6. The average molecular weight is 616 g/mol. The molecular weight excluding hydrogens is 563 g/mol. The van der Waals surface area contributed by atoms with Crippen molar-refractivity contribution in [3.05, 3.63) is 11.6 Å². The monoisotopic (exact) mass is 615 g/mol. The number of nitrogens with one attached hydrogen (secondary N) is 1. The molecule has 0 spiro atoms. The molecule has 0 unspecified atom stereocenters. The summed E-state index contributed by atoms with van der Waals surface area (Å²) in [6, 6.07) is 1.44. The summed E-state index contributed by atoms with van der Waals surface area (Å²) in [4.78, 5) is 9.39. The van der Waals surface area contributed by atoms with Crippen LogP contribution in [0.4, 0.5) is 11.9 Å². The fraction of sp³-hybridized carbons (Fsp3) is 0.846. The number of anilines is 2. The molecule has 0 saturated heterocycles. The van der Waals surface area contributed by atoms with E-state index in [9.17, 15) is 0 Å². The first-order valence-electron chi connectivity index (χ1n) is 15.3. The summed E-state index contributed by atoms with van der Waals surface area (Å²) in [6.07, 6.45) is 3.13. The molecule has 0 saturated carbocycles. The van der Waals surface area contributed by atoms with Crippen LogP contribution in [0.25, 0.3) is 0 Å². The minimum Gasteiger partial charge on any atom is -0.374 e. The lowest BCUT2D eigenvalue weighted by molar-refractivity contribution is 0.0696.